The predicted molar refractivity (Wildman–Crippen MR) is 75.7 cm³/mol. The zero-order valence-corrected chi connectivity index (χ0v) is 11.5. The maximum atomic E-state index is 13.9. The number of hydrogen-bond donors (Lipinski definition) is 1. The molecule has 1 heterocycles. The molecule has 0 bridgehead atoms. The van der Waals surface area contributed by atoms with Gasteiger partial charge in [0.1, 0.15) is 11.6 Å². The molecule has 3 rings (SSSR count). The molecule has 1 aliphatic rings. The number of ether oxygens (including phenoxy) is 1. The van der Waals surface area contributed by atoms with E-state index in [2.05, 4.69) is 0 Å². The van der Waals surface area contributed by atoms with Crippen molar-refractivity contribution in [1.29, 1.82) is 0 Å². The van der Waals surface area contributed by atoms with Crippen LogP contribution in [0.1, 0.15) is 22.8 Å². The van der Waals surface area contributed by atoms with E-state index in [1.165, 1.54) is 6.07 Å². The quantitative estimate of drug-likeness (QED) is 0.935. The highest BCUT2D eigenvalue weighted by Gasteiger charge is 2.22. The summed E-state index contributed by atoms with van der Waals surface area (Å²) in [7, 11) is 0. The normalized spacial score (nSPS) is 14.8. The molecule has 0 saturated carbocycles. The fourth-order valence-corrected chi connectivity index (χ4v) is 2.72. The Kier molecular flexibility index (Phi) is 3.64. The van der Waals surface area contributed by atoms with Crippen molar-refractivity contribution in [2.24, 2.45) is 0 Å². The van der Waals surface area contributed by atoms with Crippen LogP contribution >= 0.6 is 11.6 Å². The van der Waals surface area contributed by atoms with Crippen molar-refractivity contribution in [1.82, 2.24) is 0 Å². The highest BCUT2D eigenvalue weighted by Crippen LogP contribution is 2.35. The average molecular weight is 293 g/mol. The molecule has 0 amide bonds. The summed E-state index contributed by atoms with van der Waals surface area (Å²) >= 11 is 5.76. The predicted octanol–water partition coefficient (Wildman–Crippen LogP) is 3.69. The van der Waals surface area contributed by atoms with Crippen molar-refractivity contribution in [3.05, 3.63) is 63.9 Å². The van der Waals surface area contributed by atoms with Crippen molar-refractivity contribution in [3.63, 3.8) is 0 Å². The number of fused-ring (bicyclic) bond motifs is 1. The Balaban J connectivity index is 1.89. The second-order valence-electron chi connectivity index (χ2n) is 4.87. The third kappa shape index (κ3) is 2.39. The Morgan fingerprint density at radius 2 is 2.05 bits per heavy atom. The molecule has 0 spiro atoms. The summed E-state index contributed by atoms with van der Waals surface area (Å²) in [6.45, 7) is 0.630. The molecule has 4 heteroatoms. The van der Waals surface area contributed by atoms with Crippen molar-refractivity contribution in [2.75, 3.05) is 6.61 Å². The van der Waals surface area contributed by atoms with E-state index >= 15 is 0 Å². The Labute approximate surface area is 121 Å². The smallest absolute Gasteiger partial charge is 0.145 e. The molecule has 2 nitrogen and oxygen atoms in total. The summed E-state index contributed by atoms with van der Waals surface area (Å²) in [6, 6.07) is 10.5. The van der Waals surface area contributed by atoms with Gasteiger partial charge < -0.3 is 9.84 Å². The van der Waals surface area contributed by atoms with Crippen LogP contribution < -0.4 is 4.74 Å². The van der Waals surface area contributed by atoms with Gasteiger partial charge in [-0.3, -0.25) is 0 Å². The summed E-state index contributed by atoms with van der Waals surface area (Å²) in [6.07, 6.45) is 0.212. The van der Waals surface area contributed by atoms with E-state index in [4.69, 9.17) is 16.3 Å². The molecule has 0 aliphatic carbocycles. The lowest BCUT2D eigenvalue weighted by Crippen LogP contribution is -2.05. The highest BCUT2D eigenvalue weighted by atomic mass is 35.5. The number of para-hydroxylation sites is 1. The highest BCUT2D eigenvalue weighted by molar-refractivity contribution is 6.30. The van der Waals surface area contributed by atoms with E-state index in [1.54, 1.807) is 12.1 Å². The van der Waals surface area contributed by atoms with Gasteiger partial charge in [0.05, 0.1) is 17.7 Å². The zero-order valence-electron chi connectivity index (χ0n) is 10.8. The van der Waals surface area contributed by atoms with Crippen LogP contribution in [0.4, 0.5) is 4.39 Å². The first-order chi connectivity index (χ1) is 9.66. The first kappa shape index (κ1) is 13.4. The summed E-state index contributed by atoms with van der Waals surface area (Å²) in [5.41, 5.74) is 2.20. The molecule has 0 radical (unpaired) electrons. The maximum absolute atomic E-state index is 13.9. The van der Waals surface area contributed by atoms with E-state index in [9.17, 15) is 9.50 Å². The molecule has 1 N–H and O–H groups in total. The van der Waals surface area contributed by atoms with Crippen LogP contribution in [0.15, 0.2) is 36.4 Å². The van der Waals surface area contributed by atoms with Gasteiger partial charge in [0.2, 0.25) is 0 Å². The van der Waals surface area contributed by atoms with E-state index < -0.39 is 11.9 Å². The second-order valence-corrected chi connectivity index (χ2v) is 5.27. The van der Waals surface area contributed by atoms with E-state index in [0.29, 0.717) is 17.7 Å². The minimum atomic E-state index is -0.809. The van der Waals surface area contributed by atoms with Gasteiger partial charge in [-0.1, -0.05) is 41.9 Å². The van der Waals surface area contributed by atoms with Crippen LogP contribution in [-0.2, 0) is 12.8 Å². The molecular weight excluding hydrogens is 279 g/mol. The molecule has 1 aliphatic heterocycles. The van der Waals surface area contributed by atoms with Crippen LogP contribution in [-0.4, -0.2) is 11.7 Å². The largest absolute Gasteiger partial charge is 0.493 e. The Morgan fingerprint density at radius 3 is 2.90 bits per heavy atom. The van der Waals surface area contributed by atoms with Crippen LogP contribution in [0.25, 0.3) is 0 Å². The number of halogens is 2. The van der Waals surface area contributed by atoms with Crippen LogP contribution in [0.5, 0.6) is 5.75 Å². The van der Waals surface area contributed by atoms with Gasteiger partial charge >= 0.3 is 0 Å². The van der Waals surface area contributed by atoms with E-state index in [1.807, 2.05) is 18.2 Å². The van der Waals surface area contributed by atoms with Gasteiger partial charge in [0.15, 0.2) is 0 Å². The standard InChI is InChI=1S/C16H14ClFO2/c17-13-6-2-4-11(15(13)18)9-14(19)12-5-1-3-10-7-8-20-16(10)12/h1-6,14,19H,7-9H2. The van der Waals surface area contributed by atoms with Crippen molar-refractivity contribution < 1.29 is 14.2 Å². The third-order valence-electron chi connectivity index (χ3n) is 3.55. The van der Waals surface area contributed by atoms with Crippen LogP contribution in [0.2, 0.25) is 5.02 Å². The Bertz CT molecular complexity index is 642. The fraction of sp³-hybridized carbons (Fsp3) is 0.250. The van der Waals surface area contributed by atoms with Crippen molar-refractivity contribution in [2.45, 2.75) is 18.9 Å². The lowest BCUT2D eigenvalue weighted by molar-refractivity contribution is 0.172. The first-order valence-corrected chi connectivity index (χ1v) is 6.90. The van der Waals surface area contributed by atoms with Crippen molar-refractivity contribution >= 4 is 11.6 Å². The minimum Gasteiger partial charge on any atom is -0.493 e. The average Bonchev–Trinajstić information content (AvgIpc) is 2.92. The zero-order chi connectivity index (χ0) is 14.1. The van der Waals surface area contributed by atoms with Gasteiger partial charge in [-0.05, 0) is 17.2 Å². The second kappa shape index (κ2) is 5.43. The van der Waals surface area contributed by atoms with Gasteiger partial charge in [0.25, 0.3) is 0 Å². The number of benzene rings is 2. The molecule has 0 saturated heterocycles. The monoisotopic (exact) mass is 292 g/mol. The molecule has 2 aromatic rings. The summed E-state index contributed by atoms with van der Waals surface area (Å²) in [4.78, 5) is 0. The fourth-order valence-electron chi connectivity index (χ4n) is 2.53. The van der Waals surface area contributed by atoms with Gasteiger partial charge in [-0.25, -0.2) is 4.39 Å². The molecule has 1 atom stereocenters. The van der Waals surface area contributed by atoms with Crippen LogP contribution in [0.3, 0.4) is 0 Å². The summed E-state index contributed by atoms with van der Waals surface area (Å²) in [5, 5.41) is 10.4. The Morgan fingerprint density at radius 1 is 1.25 bits per heavy atom. The third-order valence-corrected chi connectivity index (χ3v) is 3.84. The lowest BCUT2D eigenvalue weighted by Gasteiger charge is -2.15. The summed E-state index contributed by atoms with van der Waals surface area (Å²) < 4.78 is 19.4. The topological polar surface area (TPSA) is 29.5 Å². The number of aliphatic hydroxyl groups is 1. The van der Waals surface area contributed by atoms with Gasteiger partial charge in [-0.15, -0.1) is 0 Å². The first-order valence-electron chi connectivity index (χ1n) is 6.52. The lowest BCUT2D eigenvalue weighted by atomic mass is 9.98. The van der Waals surface area contributed by atoms with Crippen molar-refractivity contribution in [3.8, 4) is 5.75 Å². The molecular formula is C16H14ClFO2. The van der Waals surface area contributed by atoms with Crippen LogP contribution in [0, 0.1) is 5.82 Å². The number of rotatable bonds is 3. The van der Waals surface area contributed by atoms with E-state index in [-0.39, 0.29) is 11.4 Å². The summed E-state index contributed by atoms with van der Waals surface area (Å²) in [5.74, 6) is 0.268. The molecule has 2 aromatic carbocycles. The maximum Gasteiger partial charge on any atom is 0.145 e. The van der Waals surface area contributed by atoms with E-state index in [0.717, 1.165) is 17.7 Å². The minimum absolute atomic E-state index is 0.0734. The number of aliphatic hydroxyl groups excluding tert-OH is 1. The molecule has 20 heavy (non-hydrogen) atoms. The Hall–Kier alpha value is -1.58. The molecule has 0 fully saturated rings. The SMILES string of the molecule is OC(Cc1cccc(Cl)c1F)c1cccc2c1OCC2. The number of hydrogen-bond acceptors (Lipinski definition) is 2. The van der Waals surface area contributed by atoms with Gasteiger partial charge in [0, 0.05) is 18.4 Å². The molecule has 0 aromatic heterocycles. The molecule has 104 valence electrons. The molecule has 1 unspecified atom stereocenters. The van der Waals surface area contributed by atoms with Gasteiger partial charge in [-0.2, -0.15) is 0 Å².